The van der Waals surface area contributed by atoms with Crippen molar-refractivity contribution in [1.82, 2.24) is 15.4 Å². The molecule has 0 saturated carbocycles. The minimum absolute atomic E-state index is 0.0546. The van der Waals surface area contributed by atoms with E-state index in [2.05, 4.69) is 20.1 Å². The zero-order chi connectivity index (χ0) is 16.8. The molecule has 2 aromatic rings. The van der Waals surface area contributed by atoms with Crippen LogP contribution in [0.4, 0.5) is 8.78 Å². The first kappa shape index (κ1) is 16.7. The summed E-state index contributed by atoms with van der Waals surface area (Å²) in [6.07, 6.45) is 0.189. The van der Waals surface area contributed by atoms with E-state index in [0.29, 0.717) is 11.3 Å². The lowest BCUT2D eigenvalue weighted by atomic mass is 10.1. The highest BCUT2D eigenvalue weighted by atomic mass is 19.3. The van der Waals surface area contributed by atoms with Gasteiger partial charge in [-0.15, -0.1) is 5.10 Å². The number of benzene rings is 1. The van der Waals surface area contributed by atoms with Crippen molar-refractivity contribution in [2.24, 2.45) is 0 Å². The van der Waals surface area contributed by atoms with Gasteiger partial charge in [-0.2, -0.15) is 19.1 Å². The fourth-order valence-electron chi connectivity index (χ4n) is 1.95. The first-order valence-corrected chi connectivity index (χ1v) is 6.73. The van der Waals surface area contributed by atoms with E-state index in [1.54, 1.807) is 13.0 Å². The third-order valence-corrected chi connectivity index (χ3v) is 2.90. The lowest BCUT2D eigenvalue weighted by Gasteiger charge is -2.11. The van der Waals surface area contributed by atoms with Gasteiger partial charge in [0.25, 0.3) is 0 Å². The molecule has 0 radical (unpaired) electrons. The third kappa shape index (κ3) is 4.15. The largest absolute Gasteiger partial charge is 0.493 e. The fraction of sp³-hybridized carbons (Fsp3) is 0.357. The molecule has 1 aromatic heterocycles. The molecule has 0 aliphatic carbocycles. The smallest absolute Gasteiger partial charge is 0.387 e. The number of nitrogens with zero attached hydrogens (tertiary/aromatic N) is 2. The lowest BCUT2D eigenvalue weighted by Crippen LogP contribution is -2.09. The Kier molecular flexibility index (Phi) is 5.45. The second kappa shape index (κ2) is 7.52. The molecule has 0 aliphatic heterocycles. The molecule has 7 nitrogen and oxygen atoms in total. The number of halogens is 2. The van der Waals surface area contributed by atoms with E-state index >= 15 is 0 Å². The predicted molar refractivity (Wildman–Crippen MR) is 74.8 cm³/mol. The molecule has 0 fully saturated rings. The molecule has 0 spiro atoms. The first-order chi connectivity index (χ1) is 11.0. The normalized spacial score (nSPS) is 10.7. The molecule has 1 heterocycles. The number of carbonyl (C=O) groups excluding carboxylic acids is 1. The molecule has 124 valence electrons. The number of aromatic amines is 1. The molecule has 9 heteroatoms. The summed E-state index contributed by atoms with van der Waals surface area (Å²) in [5.74, 6) is -0.519. The van der Waals surface area contributed by atoms with Gasteiger partial charge >= 0.3 is 12.6 Å². The van der Waals surface area contributed by atoms with Crippen LogP contribution in [0.1, 0.15) is 28.7 Å². The van der Waals surface area contributed by atoms with Gasteiger partial charge < -0.3 is 14.2 Å². The number of carbonyl (C=O) groups is 1. The Bertz CT molecular complexity index is 676. The Morgan fingerprint density at radius 3 is 2.74 bits per heavy atom. The predicted octanol–water partition coefficient (Wildman–Crippen LogP) is 2.18. The number of nitrogens with one attached hydrogen (secondary N) is 1. The molecule has 0 amide bonds. The highest BCUT2D eigenvalue weighted by molar-refractivity contribution is 5.88. The van der Waals surface area contributed by atoms with Crippen LogP contribution in [0.15, 0.2) is 18.2 Å². The van der Waals surface area contributed by atoms with Crippen molar-refractivity contribution in [2.75, 3.05) is 13.7 Å². The summed E-state index contributed by atoms with van der Waals surface area (Å²) < 4.78 is 39.1. The molecule has 1 N–H and O–H groups in total. The Labute approximate surface area is 130 Å². The van der Waals surface area contributed by atoms with Crippen LogP contribution >= 0.6 is 0 Å². The maximum absolute atomic E-state index is 12.4. The molecule has 0 aliphatic rings. The van der Waals surface area contributed by atoms with E-state index in [1.165, 1.54) is 19.2 Å². The number of rotatable bonds is 7. The highest BCUT2D eigenvalue weighted by Crippen LogP contribution is 2.30. The quantitative estimate of drug-likeness (QED) is 0.785. The molecular formula is C14H15F2N3O4. The van der Waals surface area contributed by atoms with Crippen molar-refractivity contribution in [2.45, 2.75) is 20.0 Å². The fourth-order valence-corrected chi connectivity index (χ4v) is 1.95. The van der Waals surface area contributed by atoms with Crippen molar-refractivity contribution in [3.63, 3.8) is 0 Å². The standard InChI is InChI=1S/C14H15F2N3O4/c1-3-22-13(20)12-9(17-19-18-12)6-8-4-5-10(21-2)11(7-8)23-14(15)16/h4-5,7,14H,3,6H2,1-2H3,(H,17,18,19). The van der Waals surface area contributed by atoms with Crippen LogP contribution in [-0.2, 0) is 11.2 Å². The lowest BCUT2D eigenvalue weighted by molar-refractivity contribution is -0.0512. The Balaban J connectivity index is 2.24. The summed E-state index contributed by atoms with van der Waals surface area (Å²) in [7, 11) is 1.35. The van der Waals surface area contributed by atoms with Crippen molar-refractivity contribution >= 4 is 5.97 Å². The zero-order valence-corrected chi connectivity index (χ0v) is 12.5. The number of hydrogen-bond donors (Lipinski definition) is 1. The summed E-state index contributed by atoms with van der Waals surface area (Å²) in [5.41, 5.74) is 0.997. The number of methoxy groups -OCH3 is 1. The van der Waals surface area contributed by atoms with Crippen LogP contribution in [0.3, 0.4) is 0 Å². The first-order valence-electron chi connectivity index (χ1n) is 6.73. The number of esters is 1. The molecule has 0 bridgehead atoms. The van der Waals surface area contributed by atoms with Gasteiger partial charge in [0, 0.05) is 6.42 Å². The summed E-state index contributed by atoms with van der Waals surface area (Å²) in [6, 6.07) is 4.55. The Morgan fingerprint density at radius 1 is 1.30 bits per heavy atom. The summed E-state index contributed by atoms with van der Waals surface area (Å²) in [5, 5.41) is 9.99. The topological polar surface area (TPSA) is 86.3 Å². The minimum Gasteiger partial charge on any atom is -0.493 e. The SMILES string of the molecule is CCOC(=O)c1n[nH]nc1Cc1ccc(OC)c(OC(F)F)c1. The van der Waals surface area contributed by atoms with Gasteiger partial charge in [0.05, 0.1) is 13.7 Å². The zero-order valence-electron chi connectivity index (χ0n) is 12.5. The van der Waals surface area contributed by atoms with Crippen LogP contribution in [0.25, 0.3) is 0 Å². The monoisotopic (exact) mass is 327 g/mol. The van der Waals surface area contributed by atoms with Gasteiger partial charge in [-0.05, 0) is 24.6 Å². The number of hydrogen-bond acceptors (Lipinski definition) is 6. The Morgan fingerprint density at radius 2 is 2.09 bits per heavy atom. The van der Waals surface area contributed by atoms with Crippen LogP contribution < -0.4 is 9.47 Å². The van der Waals surface area contributed by atoms with E-state index in [0.717, 1.165) is 0 Å². The average molecular weight is 327 g/mol. The number of aromatic nitrogens is 3. The Hall–Kier alpha value is -2.71. The van der Waals surface area contributed by atoms with Gasteiger partial charge in [-0.25, -0.2) is 4.79 Å². The number of ether oxygens (including phenoxy) is 3. The van der Waals surface area contributed by atoms with Crippen LogP contribution in [0.2, 0.25) is 0 Å². The van der Waals surface area contributed by atoms with Crippen molar-refractivity contribution in [3.05, 3.63) is 35.2 Å². The van der Waals surface area contributed by atoms with E-state index in [9.17, 15) is 13.6 Å². The summed E-state index contributed by atoms with van der Waals surface area (Å²) >= 11 is 0. The number of alkyl halides is 2. The molecule has 2 rings (SSSR count). The van der Waals surface area contributed by atoms with E-state index in [-0.39, 0.29) is 30.2 Å². The molecule has 1 aromatic carbocycles. The van der Waals surface area contributed by atoms with Crippen LogP contribution in [0.5, 0.6) is 11.5 Å². The third-order valence-electron chi connectivity index (χ3n) is 2.90. The van der Waals surface area contributed by atoms with Gasteiger partial charge in [-0.3, -0.25) is 0 Å². The van der Waals surface area contributed by atoms with Crippen LogP contribution in [-0.4, -0.2) is 41.7 Å². The molecule has 0 unspecified atom stereocenters. The van der Waals surface area contributed by atoms with E-state index < -0.39 is 12.6 Å². The highest BCUT2D eigenvalue weighted by Gasteiger charge is 2.19. The van der Waals surface area contributed by atoms with Gasteiger partial charge in [-0.1, -0.05) is 6.07 Å². The maximum Gasteiger partial charge on any atom is 0.387 e. The van der Waals surface area contributed by atoms with Crippen LogP contribution in [0, 0.1) is 0 Å². The van der Waals surface area contributed by atoms with Crippen molar-refractivity contribution in [1.29, 1.82) is 0 Å². The second-order valence-corrected chi connectivity index (χ2v) is 4.38. The molecule has 0 atom stereocenters. The van der Waals surface area contributed by atoms with Gasteiger partial charge in [0.2, 0.25) is 0 Å². The second-order valence-electron chi connectivity index (χ2n) is 4.38. The van der Waals surface area contributed by atoms with Gasteiger partial charge in [0.15, 0.2) is 17.2 Å². The minimum atomic E-state index is -2.97. The maximum atomic E-state index is 12.4. The summed E-state index contributed by atoms with van der Waals surface area (Å²) in [4.78, 5) is 11.7. The average Bonchev–Trinajstić information content (AvgIpc) is 2.95. The molecular weight excluding hydrogens is 312 g/mol. The molecule has 0 saturated heterocycles. The molecule has 23 heavy (non-hydrogen) atoms. The summed E-state index contributed by atoms with van der Waals surface area (Å²) in [6.45, 7) is -1.09. The van der Waals surface area contributed by atoms with Gasteiger partial charge in [0.1, 0.15) is 5.69 Å². The van der Waals surface area contributed by atoms with Crippen molar-refractivity contribution in [3.8, 4) is 11.5 Å². The number of H-pyrrole nitrogens is 1. The van der Waals surface area contributed by atoms with E-state index in [1.807, 2.05) is 0 Å². The van der Waals surface area contributed by atoms with Crippen molar-refractivity contribution < 1.29 is 27.8 Å². The van der Waals surface area contributed by atoms with E-state index in [4.69, 9.17) is 9.47 Å².